The van der Waals surface area contributed by atoms with Gasteiger partial charge in [-0.15, -0.1) is 0 Å². The van der Waals surface area contributed by atoms with Gasteiger partial charge in [-0.1, -0.05) is 53.8 Å². The SMILES string of the molecule is C[C@@H](O)[C@H]1ON(Cc2ccc(C#Cc3ccc(Cl)cc3)cc2)[C@@H](C(=O)NCCc2c[nH]c3ccccc23)[C@H]1CO. The first-order valence-electron chi connectivity index (χ1n) is 13.3. The van der Waals surface area contributed by atoms with E-state index in [2.05, 4.69) is 28.2 Å². The lowest BCUT2D eigenvalue weighted by molar-refractivity contribution is -0.192. The lowest BCUT2D eigenvalue weighted by atomic mass is 9.92. The van der Waals surface area contributed by atoms with Crippen LogP contribution in [0.3, 0.4) is 0 Å². The summed E-state index contributed by atoms with van der Waals surface area (Å²) < 4.78 is 0. The van der Waals surface area contributed by atoms with E-state index in [1.165, 1.54) is 0 Å². The van der Waals surface area contributed by atoms with Crippen LogP contribution in [0.25, 0.3) is 10.9 Å². The number of nitrogens with one attached hydrogen (secondary N) is 2. The number of H-pyrrole nitrogens is 1. The summed E-state index contributed by atoms with van der Waals surface area (Å²) in [5.41, 5.74) is 4.81. The van der Waals surface area contributed by atoms with Crippen molar-refractivity contribution in [3.63, 3.8) is 0 Å². The van der Waals surface area contributed by atoms with E-state index in [0.717, 1.165) is 33.2 Å². The van der Waals surface area contributed by atoms with E-state index in [-0.39, 0.29) is 12.5 Å². The quantitative estimate of drug-likeness (QED) is 0.245. The molecule has 0 saturated carbocycles. The molecule has 1 fully saturated rings. The molecule has 1 aliphatic rings. The van der Waals surface area contributed by atoms with Crippen molar-refractivity contribution in [3.8, 4) is 11.8 Å². The Bertz CT molecular complexity index is 1510. The molecule has 7 nitrogen and oxygen atoms in total. The minimum atomic E-state index is -0.853. The number of aromatic amines is 1. The molecule has 4 N–H and O–H groups in total. The van der Waals surface area contributed by atoms with Crippen molar-refractivity contribution in [2.45, 2.75) is 38.1 Å². The molecule has 0 radical (unpaired) electrons. The Morgan fingerprint density at radius 1 is 1.07 bits per heavy atom. The van der Waals surface area contributed by atoms with E-state index in [9.17, 15) is 15.0 Å². The van der Waals surface area contributed by atoms with Crippen LogP contribution in [0.5, 0.6) is 0 Å². The van der Waals surface area contributed by atoms with E-state index in [1.54, 1.807) is 24.1 Å². The maximum Gasteiger partial charge on any atom is 0.240 e. The predicted octanol–water partition coefficient (Wildman–Crippen LogP) is 4.05. The van der Waals surface area contributed by atoms with E-state index in [0.29, 0.717) is 24.5 Å². The summed E-state index contributed by atoms with van der Waals surface area (Å²) in [6.45, 7) is 2.07. The van der Waals surface area contributed by atoms with Crippen LogP contribution in [0.2, 0.25) is 5.02 Å². The van der Waals surface area contributed by atoms with Crippen LogP contribution in [0.4, 0.5) is 0 Å². The number of benzene rings is 3. The van der Waals surface area contributed by atoms with Gasteiger partial charge in [0.25, 0.3) is 0 Å². The van der Waals surface area contributed by atoms with Gasteiger partial charge in [-0.25, -0.2) is 0 Å². The summed E-state index contributed by atoms with van der Waals surface area (Å²) in [5, 5.41) is 26.9. The maximum atomic E-state index is 13.4. The molecule has 1 aromatic heterocycles. The third-order valence-electron chi connectivity index (χ3n) is 7.21. The number of hydroxylamine groups is 2. The minimum absolute atomic E-state index is 0.243. The number of para-hydroxylation sites is 1. The van der Waals surface area contributed by atoms with Crippen molar-refractivity contribution in [1.82, 2.24) is 15.4 Å². The summed E-state index contributed by atoms with van der Waals surface area (Å²) in [7, 11) is 0. The number of halogens is 1. The highest BCUT2D eigenvalue weighted by atomic mass is 35.5. The Morgan fingerprint density at radius 2 is 1.75 bits per heavy atom. The van der Waals surface area contributed by atoms with Crippen molar-refractivity contribution >= 4 is 28.4 Å². The van der Waals surface area contributed by atoms with Crippen LogP contribution in [0.15, 0.2) is 79.0 Å². The fraction of sp³-hybridized carbons (Fsp3) is 0.281. The monoisotopic (exact) mass is 557 g/mol. The van der Waals surface area contributed by atoms with Crippen molar-refractivity contribution in [1.29, 1.82) is 0 Å². The number of hydrogen-bond donors (Lipinski definition) is 4. The molecular weight excluding hydrogens is 526 g/mol. The number of aliphatic hydroxyl groups excluding tert-OH is 2. The fourth-order valence-corrected chi connectivity index (χ4v) is 5.24. The minimum Gasteiger partial charge on any atom is -0.396 e. The van der Waals surface area contributed by atoms with Gasteiger partial charge >= 0.3 is 0 Å². The zero-order valence-electron chi connectivity index (χ0n) is 22.2. The molecule has 206 valence electrons. The number of aromatic nitrogens is 1. The summed E-state index contributed by atoms with van der Waals surface area (Å²) in [4.78, 5) is 22.7. The predicted molar refractivity (Wildman–Crippen MR) is 155 cm³/mol. The molecule has 1 amide bonds. The lowest BCUT2D eigenvalue weighted by Crippen LogP contribution is -2.48. The Balaban J connectivity index is 1.26. The molecule has 3 aromatic carbocycles. The van der Waals surface area contributed by atoms with E-state index < -0.39 is 24.2 Å². The Hall–Kier alpha value is -3.64. The first kappa shape index (κ1) is 27.9. The van der Waals surface area contributed by atoms with Gasteiger partial charge in [0.2, 0.25) is 5.91 Å². The van der Waals surface area contributed by atoms with Crippen LogP contribution >= 0.6 is 11.6 Å². The standard InChI is InChI=1S/C32H32ClN3O4/c1-21(38)31-28(20-37)30(32(39)34-17-16-25-18-35-29-5-3-2-4-27(25)29)36(40-31)19-24-10-8-22(9-11-24)6-7-23-12-14-26(33)15-13-23/h2-5,8-15,18,21,28,30-31,35,37-38H,16-17,19-20H2,1H3,(H,34,39)/t21-,28-,30-,31-/m1/s1. The van der Waals surface area contributed by atoms with Crippen molar-refractivity contribution in [3.05, 3.63) is 106 Å². The van der Waals surface area contributed by atoms with Gasteiger partial charge in [-0.2, -0.15) is 5.06 Å². The highest BCUT2D eigenvalue weighted by Crippen LogP contribution is 2.31. The normalized spacial score (nSPS) is 19.8. The number of carbonyl (C=O) groups excluding carboxylic acids is 1. The molecule has 8 heteroatoms. The number of hydrogen-bond acceptors (Lipinski definition) is 5. The van der Waals surface area contributed by atoms with Crippen LogP contribution in [0, 0.1) is 17.8 Å². The summed E-state index contributed by atoms with van der Waals surface area (Å²) in [5.74, 6) is 5.45. The molecule has 1 saturated heterocycles. The molecule has 4 atom stereocenters. The Kier molecular flexibility index (Phi) is 8.85. The van der Waals surface area contributed by atoms with Gasteiger partial charge in [0, 0.05) is 45.7 Å². The molecule has 0 aliphatic carbocycles. The first-order chi connectivity index (χ1) is 19.4. The smallest absolute Gasteiger partial charge is 0.240 e. The number of rotatable bonds is 8. The van der Waals surface area contributed by atoms with Gasteiger partial charge in [-0.05, 0) is 66.9 Å². The topological polar surface area (TPSA) is 97.8 Å². The molecular formula is C32H32ClN3O4. The number of nitrogens with zero attached hydrogens (tertiary/aromatic N) is 1. The summed E-state index contributed by atoms with van der Waals surface area (Å²) >= 11 is 5.94. The number of aliphatic hydroxyl groups is 2. The third-order valence-corrected chi connectivity index (χ3v) is 7.46. The molecule has 0 spiro atoms. The van der Waals surface area contributed by atoms with E-state index in [4.69, 9.17) is 16.4 Å². The van der Waals surface area contributed by atoms with Crippen molar-refractivity contribution in [2.75, 3.05) is 13.2 Å². The van der Waals surface area contributed by atoms with Gasteiger partial charge in [-0.3, -0.25) is 9.63 Å². The average molecular weight is 558 g/mol. The Labute approximate surface area is 238 Å². The van der Waals surface area contributed by atoms with E-state index >= 15 is 0 Å². The second-order valence-corrected chi connectivity index (χ2v) is 10.5. The first-order valence-corrected chi connectivity index (χ1v) is 13.7. The van der Waals surface area contributed by atoms with Crippen LogP contribution < -0.4 is 5.32 Å². The summed E-state index contributed by atoms with van der Waals surface area (Å²) in [6.07, 6.45) is 1.07. The zero-order valence-corrected chi connectivity index (χ0v) is 22.9. The molecule has 5 rings (SSSR count). The lowest BCUT2D eigenvalue weighted by Gasteiger charge is -2.24. The number of carbonyl (C=O) groups is 1. The van der Waals surface area contributed by atoms with Gasteiger partial charge < -0.3 is 20.5 Å². The molecule has 1 aliphatic heterocycles. The largest absolute Gasteiger partial charge is 0.396 e. The van der Waals surface area contributed by atoms with Crippen LogP contribution in [-0.4, -0.2) is 57.6 Å². The molecule has 4 aromatic rings. The van der Waals surface area contributed by atoms with E-state index in [1.807, 2.05) is 60.8 Å². The summed E-state index contributed by atoms with van der Waals surface area (Å²) in [6, 6.07) is 22.4. The molecule has 0 bridgehead atoms. The molecule has 2 heterocycles. The molecule has 0 unspecified atom stereocenters. The third kappa shape index (κ3) is 6.39. The zero-order chi connectivity index (χ0) is 28.1. The van der Waals surface area contributed by atoms with Crippen LogP contribution in [-0.2, 0) is 22.6 Å². The Morgan fingerprint density at radius 3 is 2.42 bits per heavy atom. The van der Waals surface area contributed by atoms with Gasteiger partial charge in [0.05, 0.1) is 19.3 Å². The van der Waals surface area contributed by atoms with Crippen LogP contribution in [0.1, 0.15) is 29.2 Å². The maximum absolute atomic E-state index is 13.4. The number of fused-ring (bicyclic) bond motifs is 1. The van der Waals surface area contributed by atoms with Crippen molar-refractivity contribution < 1.29 is 19.8 Å². The highest BCUT2D eigenvalue weighted by Gasteiger charge is 2.48. The van der Waals surface area contributed by atoms with Gasteiger partial charge in [0.1, 0.15) is 12.1 Å². The second-order valence-electron chi connectivity index (χ2n) is 10.0. The molecule has 40 heavy (non-hydrogen) atoms. The fourth-order valence-electron chi connectivity index (χ4n) is 5.12. The average Bonchev–Trinajstić information content (AvgIpc) is 3.55. The second kappa shape index (κ2) is 12.7. The highest BCUT2D eigenvalue weighted by molar-refractivity contribution is 6.30. The number of amides is 1. The van der Waals surface area contributed by atoms with Gasteiger partial charge in [0.15, 0.2) is 0 Å². The van der Waals surface area contributed by atoms with Crippen molar-refractivity contribution in [2.24, 2.45) is 5.92 Å².